The van der Waals surface area contributed by atoms with Crippen molar-refractivity contribution in [3.63, 3.8) is 0 Å². The Balaban J connectivity index is 2.58. The van der Waals surface area contributed by atoms with Gasteiger partial charge in [-0.05, 0) is 11.4 Å². The van der Waals surface area contributed by atoms with Crippen LogP contribution in [0, 0.1) is 0 Å². The highest BCUT2D eigenvalue weighted by molar-refractivity contribution is 7.90. The number of carbonyl (C=O) groups excluding carboxylic acids is 1. The van der Waals surface area contributed by atoms with Gasteiger partial charge in [0.1, 0.15) is 9.84 Å². The normalized spacial score (nSPS) is 11.4. The van der Waals surface area contributed by atoms with Crippen molar-refractivity contribution >= 4 is 27.1 Å². The highest BCUT2D eigenvalue weighted by atomic mass is 32.2. The Bertz CT molecular complexity index is 467. The molecule has 0 atom stereocenters. The fraction of sp³-hybridized carbons (Fsp3) is 0.545. The molecule has 0 radical (unpaired) electrons. The van der Waals surface area contributed by atoms with Crippen LogP contribution in [0.5, 0.6) is 0 Å². The van der Waals surface area contributed by atoms with E-state index in [0.29, 0.717) is 6.54 Å². The standard InChI is InChI=1S/C11H17NO4S2/c1-18(15,16)8-4-11(14)12(5-6-13)9-10-3-2-7-17-10/h2-3,7,13H,4-6,8-9H2,1H3. The molecule has 0 unspecified atom stereocenters. The Hall–Kier alpha value is -0.920. The molecule has 0 aliphatic heterocycles. The maximum absolute atomic E-state index is 11.9. The van der Waals surface area contributed by atoms with E-state index in [4.69, 9.17) is 5.11 Å². The minimum Gasteiger partial charge on any atom is -0.395 e. The van der Waals surface area contributed by atoms with Gasteiger partial charge in [-0.15, -0.1) is 11.3 Å². The molecule has 0 spiro atoms. The van der Waals surface area contributed by atoms with Gasteiger partial charge in [0, 0.05) is 24.1 Å². The number of thiophene rings is 1. The molecule has 0 fully saturated rings. The molecular weight excluding hydrogens is 274 g/mol. The van der Waals surface area contributed by atoms with Gasteiger partial charge >= 0.3 is 0 Å². The maximum Gasteiger partial charge on any atom is 0.223 e. The van der Waals surface area contributed by atoms with Crippen LogP contribution in [0.15, 0.2) is 17.5 Å². The largest absolute Gasteiger partial charge is 0.395 e. The molecule has 1 heterocycles. The molecule has 1 aromatic rings. The summed E-state index contributed by atoms with van der Waals surface area (Å²) in [7, 11) is -3.14. The second-order valence-corrected chi connectivity index (χ2v) is 7.29. The summed E-state index contributed by atoms with van der Waals surface area (Å²) in [5.41, 5.74) is 0. The molecule has 102 valence electrons. The number of rotatable bonds is 7. The molecule has 1 aromatic heterocycles. The van der Waals surface area contributed by atoms with Crippen molar-refractivity contribution in [1.82, 2.24) is 4.90 Å². The molecule has 0 aromatic carbocycles. The average Bonchev–Trinajstić information content (AvgIpc) is 2.77. The maximum atomic E-state index is 11.9. The van der Waals surface area contributed by atoms with Crippen molar-refractivity contribution in [3.05, 3.63) is 22.4 Å². The van der Waals surface area contributed by atoms with Crippen LogP contribution in [0.4, 0.5) is 0 Å². The van der Waals surface area contributed by atoms with E-state index in [2.05, 4.69) is 0 Å². The molecule has 0 aliphatic rings. The van der Waals surface area contributed by atoms with Gasteiger partial charge in [-0.3, -0.25) is 4.79 Å². The molecule has 1 amide bonds. The molecule has 0 saturated heterocycles. The van der Waals surface area contributed by atoms with Crippen molar-refractivity contribution in [3.8, 4) is 0 Å². The van der Waals surface area contributed by atoms with Crippen LogP contribution in [0.1, 0.15) is 11.3 Å². The smallest absolute Gasteiger partial charge is 0.223 e. The third-order valence-corrected chi connectivity index (χ3v) is 4.14. The van der Waals surface area contributed by atoms with E-state index in [1.54, 1.807) is 0 Å². The van der Waals surface area contributed by atoms with E-state index >= 15 is 0 Å². The summed E-state index contributed by atoms with van der Waals surface area (Å²) in [4.78, 5) is 14.4. The summed E-state index contributed by atoms with van der Waals surface area (Å²) < 4.78 is 22.0. The lowest BCUT2D eigenvalue weighted by Crippen LogP contribution is -2.33. The number of aliphatic hydroxyl groups excluding tert-OH is 1. The molecule has 7 heteroatoms. The zero-order chi connectivity index (χ0) is 13.6. The predicted molar refractivity (Wildman–Crippen MR) is 71.1 cm³/mol. The highest BCUT2D eigenvalue weighted by Gasteiger charge is 2.16. The number of hydrogen-bond donors (Lipinski definition) is 1. The van der Waals surface area contributed by atoms with Crippen LogP contribution in [0.3, 0.4) is 0 Å². The van der Waals surface area contributed by atoms with Crippen LogP contribution in [0.25, 0.3) is 0 Å². The Morgan fingerprint density at radius 3 is 2.72 bits per heavy atom. The summed E-state index contributed by atoms with van der Waals surface area (Å²) in [5.74, 6) is -0.402. The lowest BCUT2D eigenvalue weighted by Gasteiger charge is -2.20. The molecule has 1 rings (SSSR count). The zero-order valence-electron chi connectivity index (χ0n) is 10.2. The van der Waals surface area contributed by atoms with Crippen LogP contribution in [0.2, 0.25) is 0 Å². The number of carbonyl (C=O) groups is 1. The van der Waals surface area contributed by atoms with E-state index in [1.807, 2.05) is 17.5 Å². The third-order valence-electron chi connectivity index (χ3n) is 2.34. The predicted octanol–water partition coefficient (Wildman–Crippen LogP) is 0.504. The fourth-order valence-electron chi connectivity index (χ4n) is 1.43. The van der Waals surface area contributed by atoms with Gasteiger partial charge in [0.2, 0.25) is 5.91 Å². The molecule has 0 aliphatic carbocycles. The Morgan fingerprint density at radius 1 is 1.50 bits per heavy atom. The van der Waals surface area contributed by atoms with Crippen molar-refractivity contribution < 1.29 is 18.3 Å². The van der Waals surface area contributed by atoms with Gasteiger partial charge in [-0.2, -0.15) is 0 Å². The highest BCUT2D eigenvalue weighted by Crippen LogP contribution is 2.12. The molecule has 18 heavy (non-hydrogen) atoms. The SMILES string of the molecule is CS(=O)(=O)CCC(=O)N(CCO)Cc1cccs1. The topological polar surface area (TPSA) is 74.7 Å². The number of hydrogen-bond acceptors (Lipinski definition) is 5. The van der Waals surface area contributed by atoms with E-state index in [9.17, 15) is 13.2 Å². The minimum atomic E-state index is -3.14. The van der Waals surface area contributed by atoms with Gasteiger partial charge < -0.3 is 10.0 Å². The van der Waals surface area contributed by atoms with E-state index in [1.165, 1.54) is 16.2 Å². The fourth-order valence-corrected chi connectivity index (χ4v) is 2.70. The minimum absolute atomic E-state index is 0.0375. The van der Waals surface area contributed by atoms with Crippen molar-refractivity contribution in [1.29, 1.82) is 0 Å². The van der Waals surface area contributed by atoms with Crippen LogP contribution in [-0.4, -0.2) is 49.5 Å². The number of aliphatic hydroxyl groups is 1. The first-order chi connectivity index (χ1) is 8.42. The Kier molecular flexibility index (Phi) is 5.77. The van der Waals surface area contributed by atoms with Gasteiger partial charge in [0.05, 0.1) is 18.9 Å². The van der Waals surface area contributed by atoms with Gasteiger partial charge in [-0.1, -0.05) is 6.07 Å². The van der Waals surface area contributed by atoms with Gasteiger partial charge in [0.25, 0.3) is 0 Å². The lowest BCUT2D eigenvalue weighted by atomic mass is 10.3. The summed E-state index contributed by atoms with van der Waals surface area (Å²) >= 11 is 1.52. The first kappa shape index (κ1) is 15.1. The van der Waals surface area contributed by atoms with E-state index in [0.717, 1.165) is 11.1 Å². The Morgan fingerprint density at radius 2 is 2.22 bits per heavy atom. The third kappa shape index (κ3) is 5.61. The van der Waals surface area contributed by atoms with Gasteiger partial charge in [-0.25, -0.2) is 8.42 Å². The summed E-state index contributed by atoms with van der Waals surface area (Å²) in [6.45, 7) is 0.511. The van der Waals surface area contributed by atoms with Crippen LogP contribution >= 0.6 is 11.3 Å². The Labute approximate surface area is 111 Å². The number of nitrogens with zero attached hydrogens (tertiary/aromatic N) is 1. The van der Waals surface area contributed by atoms with E-state index < -0.39 is 9.84 Å². The average molecular weight is 291 g/mol. The number of amides is 1. The van der Waals surface area contributed by atoms with Crippen LogP contribution in [-0.2, 0) is 21.2 Å². The first-order valence-electron chi connectivity index (χ1n) is 5.51. The van der Waals surface area contributed by atoms with Crippen molar-refractivity contribution in [2.45, 2.75) is 13.0 Å². The van der Waals surface area contributed by atoms with Crippen molar-refractivity contribution in [2.75, 3.05) is 25.2 Å². The van der Waals surface area contributed by atoms with Crippen molar-refractivity contribution in [2.24, 2.45) is 0 Å². The molecule has 5 nitrogen and oxygen atoms in total. The summed E-state index contributed by atoms with van der Waals surface area (Å²) in [6.07, 6.45) is 1.07. The van der Waals surface area contributed by atoms with Crippen LogP contribution < -0.4 is 0 Å². The summed E-state index contributed by atoms with van der Waals surface area (Å²) in [5, 5.41) is 10.8. The lowest BCUT2D eigenvalue weighted by molar-refractivity contribution is -0.131. The monoisotopic (exact) mass is 291 g/mol. The first-order valence-corrected chi connectivity index (χ1v) is 8.45. The zero-order valence-corrected chi connectivity index (χ0v) is 11.8. The molecule has 1 N–H and O–H groups in total. The molecule has 0 bridgehead atoms. The quantitative estimate of drug-likeness (QED) is 0.794. The van der Waals surface area contributed by atoms with Gasteiger partial charge in [0.15, 0.2) is 0 Å². The molecular formula is C11H17NO4S2. The van der Waals surface area contributed by atoms with E-state index in [-0.39, 0.29) is 31.2 Å². The molecule has 0 saturated carbocycles. The number of sulfone groups is 1. The second-order valence-electron chi connectivity index (χ2n) is 4.00. The summed E-state index contributed by atoms with van der Waals surface area (Å²) in [6, 6.07) is 3.79. The second kappa shape index (κ2) is 6.86.